The number of aliphatic hydroxyl groups is 1. The summed E-state index contributed by atoms with van der Waals surface area (Å²) in [6, 6.07) is 7.81. The summed E-state index contributed by atoms with van der Waals surface area (Å²) < 4.78 is 1.87. The average Bonchev–Trinajstić information content (AvgIpc) is 2.75. The van der Waals surface area contributed by atoms with Crippen LogP contribution in [-0.4, -0.2) is 31.5 Å². The number of rotatable bonds is 4. The Morgan fingerprint density at radius 3 is 2.58 bits per heavy atom. The molecular formula is C14H20N4O. The van der Waals surface area contributed by atoms with Gasteiger partial charge in [-0.2, -0.15) is 0 Å². The maximum absolute atomic E-state index is 10.0. The highest BCUT2D eigenvalue weighted by Crippen LogP contribution is 2.27. The van der Waals surface area contributed by atoms with E-state index in [2.05, 4.69) is 15.5 Å². The van der Waals surface area contributed by atoms with Crippen LogP contribution < -0.4 is 5.32 Å². The minimum absolute atomic E-state index is 0.0816. The molecule has 2 N–H and O–H groups in total. The second kappa shape index (κ2) is 5.01. The Kier molecular flexibility index (Phi) is 3.57. The summed E-state index contributed by atoms with van der Waals surface area (Å²) in [5, 5.41) is 21.4. The molecule has 0 radical (unpaired) electrons. The second-order valence-electron chi connectivity index (χ2n) is 5.33. The summed E-state index contributed by atoms with van der Waals surface area (Å²) >= 11 is 0. The molecule has 0 spiro atoms. The molecule has 5 nitrogen and oxygen atoms in total. The fraction of sp³-hybridized carbons (Fsp3) is 0.429. The molecule has 1 aromatic heterocycles. The van der Waals surface area contributed by atoms with E-state index in [1.165, 1.54) is 0 Å². The standard InChI is InChI=1S/C14H20N4O/c1-10(14(2,3)19)16-12-8-6-5-7-11(12)13-17-15-9-18(13)4/h5-10,16,19H,1-4H3. The molecule has 1 aromatic carbocycles. The molecule has 0 amide bonds. The van der Waals surface area contributed by atoms with Gasteiger partial charge in [0.1, 0.15) is 6.33 Å². The summed E-state index contributed by atoms with van der Waals surface area (Å²) in [6.45, 7) is 5.53. The number of hydrogen-bond acceptors (Lipinski definition) is 4. The first-order valence-corrected chi connectivity index (χ1v) is 6.32. The number of para-hydroxylation sites is 1. The van der Waals surface area contributed by atoms with Gasteiger partial charge in [-0.1, -0.05) is 12.1 Å². The quantitative estimate of drug-likeness (QED) is 0.883. The van der Waals surface area contributed by atoms with Crippen molar-refractivity contribution in [2.45, 2.75) is 32.4 Å². The molecule has 1 unspecified atom stereocenters. The van der Waals surface area contributed by atoms with Crippen molar-refractivity contribution in [3.05, 3.63) is 30.6 Å². The van der Waals surface area contributed by atoms with Gasteiger partial charge in [-0.25, -0.2) is 0 Å². The lowest BCUT2D eigenvalue weighted by Crippen LogP contribution is -2.39. The largest absolute Gasteiger partial charge is 0.388 e. The summed E-state index contributed by atoms with van der Waals surface area (Å²) in [6.07, 6.45) is 1.67. The van der Waals surface area contributed by atoms with Gasteiger partial charge in [-0.15, -0.1) is 10.2 Å². The van der Waals surface area contributed by atoms with Gasteiger partial charge in [0.05, 0.1) is 11.6 Å². The van der Waals surface area contributed by atoms with Crippen LogP contribution in [-0.2, 0) is 7.05 Å². The number of hydrogen-bond donors (Lipinski definition) is 2. The number of anilines is 1. The van der Waals surface area contributed by atoms with Gasteiger partial charge in [-0.05, 0) is 32.9 Å². The van der Waals surface area contributed by atoms with Crippen molar-refractivity contribution in [1.29, 1.82) is 0 Å². The lowest BCUT2D eigenvalue weighted by Gasteiger charge is -2.28. The molecule has 0 fully saturated rings. The number of nitrogens with one attached hydrogen (secondary N) is 1. The van der Waals surface area contributed by atoms with Crippen molar-refractivity contribution in [2.24, 2.45) is 7.05 Å². The molecule has 0 bridgehead atoms. The summed E-state index contributed by atoms with van der Waals surface area (Å²) in [5.74, 6) is 0.797. The van der Waals surface area contributed by atoms with Crippen LogP contribution in [0.5, 0.6) is 0 Å². The van der Waals surface area contributed by atoms with Gasteiger partial charge in [0.2, 0.25) is 0 Å². The Labute approximate surface area is 113 Å². The van der Waals surface area contributed by atoms with Gasteiger partial charge >= 0.3 is 0 Å². The van der Waals surface area contributed by atoms with E-state index >= 15 is 0 Å². The van der Waals surface area contributed by atoms with Crippen LogP contribution in [0.1, 0.15) is 20.8 Å². The summed E-state index contributed by atoms with van der Waals surface area (Å²) in [4.78, 5) is 0. The fourth-order valence-corrected chi connectivity index (χ4v) is 1.74. The molecule has 0 aliphatic carbocycles. The SMILES string of the molecule is CC(Nc1ccccc1-c1nncn1C)C(C)(C)O. The van der Waals surface area contributed by atoms with Gasteiger partial charge in [0.15, 0.2) is 5.82 Å². The normalized spacial score (nSPS) is 13.3. The molecule has 102 valence electrons. The van der Waals surface area contributed by atoms with Gasteiger partial charge in [-0.3, -0.25) is 0 Å². The monoisotopic (exact) mass is 260 g/mol. The van der Waals surface area contributed by atoms with Crippen molar-refractivity contribution in [1.82, 2.24) is 14.8 Å². The maximum atomic E-state index is 10.0. The Morgan fingerprint density at radius 1 is 1.32 bits per heavy atom. The lowest BCUT2D eigenvalue weighted by molar-refractivity contribution is 0.0649. The molecule has 2 aromatic rings. The van der Waals surface area contributed by atoms with Crippen molar-refractivity contribution < 1.29 is 5.11 Å². The van der Waals surface area contributed by atoms with E-state index in [0.717, 1.165) is 17.1 Å². The van der Waals surface area contributed by atoms with Crippen LogP contribution in [0.25, 0.3) is 11.4 Å². The van der Waals surface area contributed by atoms with Crippen LogP contribution in [0.4, 0.5) is 5.69 Å². The molecule has 1 atom stereocenters. The van der Waals surface area contributed by atoms with E-state index in [1.807, 2.05) is 42.8 Å². The lowest BCUT2D eigenvalue weighted by atomic mass is 10.00. The molecule has 19 heavy (non-hydrogen) atoms. The van der Waals surface area contributed by atoms with Crippen molar-refractivity contribution in [2.75, 3.05) is 5.32 Å². The predicted octanol–water partition coefficient (Wildman–Crippen LogP) is 2.05. The average molecular weight is 260 g/mol. The molecule has 0 aliphatic heterocycles. The summed E-state index contributed by atoms with van der Waals surface area (Å²) in [5.41, 5.74) is 1.11. The van der Waals surface area contributed by atoms with E-state index in [4.69, 9.17) is 0 Å². The Balaban J connectivity index is 2.35. The zero-order valence-electron chi connectivity index (χ0n) is 11.8. The van der Waals surface area contributed by atoms with Crippen molar-refractivity contribution in [3.63, 3.8) is 0 Å². The highest BCUT2D eigenvalue weighted by molar-refractivity contribution is 5.73. The van der Waals surface area contributed by atoms with Crippen molar-refractivity contribution >= 4 is 5.69 Å². The number of aromatic nitrogens is 3. The van der Waals surface area contributed by atoms with Gasteiger partial charge in [0, 0.05) is 18.3 Å². The van der Waals surface area contributed by atoms with Crippen LogP contribution >= 0.6 is 0 Å². The zero-order valence-corrected chi connectivity index (χ0v) is 11.8. The fourth-order valence-electron chi connectivity index (χ4n) is 1.74. The number of nitrogens with zero attached hydrogens (tertiary/aromatic N) is 3. The van der Waals surface area contributed by atoms with Crippen molar-refractivity contribution in [3.8, 4) is 11.4 Å². The Morgan fingerprint density at radius 2 is 2.00 bits per heavy atom. The van der Waals surface area contributed by atoms with Crippen LogP contribution in [0.15, 0.2) is 30.6 Å². The first-order chi connectivity index (χ1) is 8.89. The molecular weight excluding hydrogens is 240 g/mol. The third-order valence-corrected chi connectivity index (χ3v) is 3.31. The van der Waals surface area contributed by atoms with E-state index in [9.17, 15) is 5.11 Å². The number of aryl methyl sites for hydroxylation is 1. The molecule has 0 saturated heterocycles. The third-order valence-electron chi connectivity index (χ3n) is 3.31. The topological polar surface area (TPSA) is 63.0 Å². The molecule has 1 heterocycles. The first-order valence-electron chi connectivity index (χ1n) is 6.32. The van der Waals surface area contributed by atoms with E-state index in [-0.39, 0.29) is 6.04 Å². The smallest absolute Gasteiger partial charge is 0.165 e. The maximum Gasteiger partial charge on any atom is 0.165 e. The van der Waals surface area contributed by atoms with Gasteiger partial charge < -0.3 is 15.0 Å². The molecule has 0 saturated carbocycles. The minimum atomic E-state index is -0.799. The second-order valence-corrected chi connectivity index (χ2v) is 5.33. The Bertz CT molecular complexity index is 557. The molecule has 2 rings (SSSR count). The summed E-state index contributed by atoms with van der Waals surface area (Å²) in [7, 11) is 1.91. The highest BCUT2D eigenvalue weighted by atomic mass is 16.3. The van der Waals surface area contributed by atoms with E-state index < -0.39 is 5.60 Å². The van der Waals surface area contributed by atoms with Gasteiger partial charge in [0.25, 0.3) is 0 Å². The van der Waals surface area contributed by atoms with E-state index in [1.54, 1.807) is 20.2 Å². The predicted molar refractivity (Wildman–Crippen MR) is 75.8 cm³/mol. The van der Waals surface area contributed by atoms with Crippen LogP contribution in [0.2, 0.25) is 0 Å². The number of benzene rings is 1. The molecule has 5 heteroatoms. The Hall–Kier alpha value is -1.88. The van der Waals surface area contributed by atoms with Crippen LogP contribution in [0, 0.1) is 0 Å². The zero-order chi connectivity index (χ0) is 14.0. The van der Waals surface area contributed by atoms with Crippen LogP contribution in [0.3, 0.4) is 0 Å². The third kappa shape index (κ3) is 2.93. The first kappa shape index (κ1) is 13.5. The van der Waals surface area contributed by atoms with E-state index in [0.29, 0.717) is 0 Å². The highest BCUT2D eigenvalue weighted by Gasteiger charge is 2.23. The minimum Gasteiger partial charge on any atom is -0.388 e. The molecule has 0 aliphatic rings.